The van der Waals surface area contributed by atoms with E-state index in [2.05, 4.69) is 0 Å². The van der Waals surface area contributed by atoms with E-state index in [0.717, 1.165) is 22.3 Å². The molecule has 7 nitrogen and oxygen atoms in total. The molecule has 0 aliphatic carbocycles. The summed E-state index contributed by atoms with van der Waals surface area (Å²) in [4.78, 5) is 43.9. The highest BCUT2D eigenvalue weighted by Crippen LogP contribution is 2.13. The number of benzene rings is 2. The molecule has 0 radical (unpaired) electrons. The van der Waals surface area contributed by atoms with Gasteiger partial charge in [0.15, 0.2) is 0 Å². The Bertz CT molecular complexity index is 793. The number of carbonyl (C=O) groups is 2. The fraction of sp³-hybridized carbons (Fsp3) is 0.364. The summed E-state index contributed by atoms with van der Waals surface area (Å²) >= 11 is 0. The second kappa shape index (κ2) is 10.7. The van der Waals surface area contributed by atoms with Crippen LogP contribution < -0.4 is 0 Å². The van der Waals surface area contributed by atoms with Gasteiger partial charge in [-0.05, 0) is 81.1 Å². The van der Waals surface area contributed by atoms with E-state index in [-0.39, 0.29) is 6.61 Å². The molecule has 2 aromatic rings. The van der Waals surface area contributed by atoms with Crippen molar-refractivity contribution in [3.63, 3.8) is 0 Å². The van der Waals surface area contributed by atoms with Crippen molar-refractivity contribution in [2.75, 3.05) is 13.2 Å². The molecule has 0 saturated heterocycles. The quantitative estimate of drug-likeness (QED) is 0.354. The average molecular weight is 402 g/mol. The van der Waals surface area contributed by atoms with Crippen molar-refractivity contribution in [1.82, 2.24) is 0 Å². The molecule has 2 aromatic carbocycles. The molecule has 0 saturated carbocycles. The molecule has 0 aromatic heterocycles. The summed E-state index contributed by atoms with van der Waals surface area (Å²) in [6, 6.07) is 10.3. The molecule has 2 rings (SSSR count). The van der Waals surface area contributed by atoms with Gasteiger partial charge in [-0.15, -0.1) is 9.78 Å². The Morgan fingerprint density at radius 3 is 1.59 bits per heavy atom. The molecule has 0 fully saturated rings. The summed E-state index contributed by atoms with van der Waals surface area (Å²) in [5.41, 5.74) is 4.66. The van der Waals surface area contributed by atoms with Crippen LogP contribution in [0.15, 0.2) is 36.4 Å². The minimum absolute atomic E-state index is 0.100. The third kappa shape index (κ3) is 6.67. The minimum atomic E-state index is -1.24. The molecule has 0 N–H and O–H groups in total. The highest BCUT2D eigenvalue weighted by Gasteiger charge is 2.20. The number of ether oxygens (including phenoxy) is 1. The molecule has 0 aliphatic heterocycles. The summed E-state index contributed by atoms with van der Waals surface area (Å²) in [7, 11) is 0. The maximum absolute atomic E-state index is 12.2. The van der Waals surface area contributed by atoms with Crippen LogP contribution >= 0.6 is 0 Å². The van der Waals surface area contributed by atoms with Gasteiger partial charge in [-0.1, -0.05) is 12.1 Å². The average Bonchev–Trinajstić information content (AvgIpc) is 2.71. The number of carbonyl (C=O) groups excluding carboxylic acids is 2. The summed E-state index contributed by atoms with van der Waals surface area (Å²) in [5.74, 6) is -1.39. The lowest BCUT2D eigenvalue weighted by molar-refractivity contribution is -0.426. The van der Waals surface area contributed by atoms with Crippen molar-refractivity contribution in [3.8, 4) is 0 Å². The van der Waals surface area contributed by atoms with Gasteiger partial charge in [0.2, 0.25) is 0 Å². The first kappa shape index (κ1) is 22.5. The first-order valence-corrected chi connectivity index (χ1v) is 9.29. The van der Waals surface area contributed by atoms with Gasteiger partial charge in [0.05, 0.1) is 11.1 Å². The van der Waals surface area contributed by atoms with Crippen LogP contribution in [0.5, 0.6) is 0 Å². The van der Waals surface area contributed by atoms with Crippen molar-refractivity contribution >= 4 is 11.9 Å². The normalized spacial score (nSPS) is 10.8. The summed E-state index contributed by atoms with van der Waals surface area (Å²) < 4.78 is 5.21. The lowest BCUT2D eigenvalue weighted by atomic mass is 10.1. The molecule has 156 valence electrons. The first-order valence-electron chi connectivity index (χ1n) is 9.29. The van der Waals surface area contributed by atoms with Crippen LogP contribution in [0.3, 0.4) is 0 Å². The topological polar surface area (TPSA) is 80.3 Å². The maximum Gasteiger partial charge on any atom is 0.373 e. The van der Waals surface area contributed by atoms with Gasteiger partial charge in [-0.2, -0.15) is 0 Å². The van der Waals surface area contributed by atoms with Crippen molar-refractivity contribution < 1.29 is 33.9 Å². The molecule has 0 aliphatic rings. The van der Waals surface area contributed by atoms with E-state index in [4.69, 9.17) is 24.3 Å². The van der Waals surface area contributed by atoms with Crippen molar-refractivity contribution in [1.29, 1.82) is 0 Å². The van der Waals surface area contributed by atoms with E-state index >= 15 is 0 Å². The number of aryl methyl sites for hydroxylation is 4. The Kier molecular flexibility index (Phi) is 8.33. The fourth-order valence-electron chi connectivity index (χ4n) is 2.31. The first-order chi connectivity index (χ1) is 13.8. The van der Waals surface area contributed by atoms with Crippen molar-refractivity contribution in [3.05, 3.63) is 69.8 Å². The lowest BCUT2D eigenvalue weighted by Gasteiger charge is -2.15. The molecule has 7 heteroatoms. The molecular weight excluding hydrogens is 376 g/mol. The fourth-order valence-corrected chi connectivity index (χ4v) is 2.31. The Labute approximate surface area is 170 Å². The third-order valence-electron chi connectivity index (χ3n) is 4.41. The summed E-state index contributed by atoms with van der Waals surface area (Å²) in [6.07, 6.45) is -1.24. The molecule has 0 heterocycles. The third-order valence-corrected chi connectivity index (χ3v) is 4.41. The smallest absolute Gasteiger partial charge is 0.373 e. The SMILES string of the molecule is CCOCC(OOC(=O)c1ccc(C)c(C)c1)OOC(=O)c1ccc(C)c(C)c1. The molecular formula is C22H26O7. The van der Waals surface area contributed by atoms with Crippen LogP contribution in [0.4, 0.5) is 0 Å². The van der Waals surface area contributed by atoms with Crippen LogP contribution in [0.1, 0.15) is 49.9 Å². The number of rotatable bonds is 9. The Balaban J connectivity index is 1.93. The number of hydrogen-bond acceptors (Lipinski definition) is 7. The van der Waals surface area contributed by atoms with Crippen molar-refractivity contribution in [2.45, 2.75) is 40.9 Å². The van der Waals surface area contributed by atoms with E-state index in [1.165, 1.54) is 0 Å². The predicted octanol–water partition coefficient (Wildman–Crippen LogP) is 4.16. The van der Waals surface area contributed by atoms with Crippen LogP contribution in [0, 0.1) is 27.7 Å². The van der Waals surface area contributed by atoms with Gasteiger partial charge < -0.3 is 4.74 Å². The molecule has 0 spiro atoms. The van der Waals surface area contributed by atoms with Gasteiger partial charge in [0, 0.05) is 6.61 Å². The zero-order chi connectivity index (χ0) is 21.4. The second-order valence-electron chi connectivity index (χ2n) is 6.62. The van der Waals surface area contributed by atoms with Crippen LogP contribution in [-0.4, -0.2) is 31.4 Å². The zero-order valence-electron chi connectivity index (χ0n) is 17.3. The van der Waals surface area contributed by atoms with Gasteiger partial charge in [0.25, 0.3) is 6.29 Å². The molecule has 0 unspecified atom stereocenters. The highest BCUT2D eigenvalue weighted by atomic mass is 17.3. The molecule has 0 atom stereocenters. The highest BCUT2D eigenvalue weighted by molar-refractivity contribution is 5.89. The minimum Gasteiger partial charge on any atom is -0.376 e. The van der Waals surface area contributed by atoms with Gasteiger partial charge in [0.1, 0.15) is 6.61 Å². The van der Waals surface area contributed by atoms with Crippen LogP contribution in [0.25, 0.3) is 0 Å². The predicted molar refractivity (Wildman–Crippen MR) is 105 cm³/mol. The van der Waals surface area contributed by atoms with E-state index in [1.54, 1.807) is 31.2 Å². The van der Waals surface area contributed by atoms with E-state index < -0.39 is 18.2 Å². The van der Waals surface area contributed by atoms with Gasteiger partial charge in [-0.25, -0.2) is 9.59 Å². The molecule has 29 heavy (non-hydrogen) atoms. The Hall–Kier alpha value is -2.74. The Morgan fingerprint density at radius 1 is 0.759 bits per heavy atom. The monoisotopic (exact) mass is 402 g/mol. The largest absolute Gasteiger partial charge is 0.376 e. The summed E-state index contributed by atoms with van der Waals surface area (Å²) in [6.45, 7) is 9.71. The number of hydrogen-bond donors (Lipinski definition) is 0. The van der Waals surface area contributed by atoms with Gasteiger partial charge >= 0.3 is 11.9 Å². The Morgan fingerprint density at radius 2 is 1.21 bits per heavy atom. The second-order valence-corrected chi connectivity index (χ2v) is 6.62. The summed E-state index contributed by atoms with van der Waals surface area (Å²) in [5, 5.41) is 0. The lowest BCUT2D eigenvalue weighted by Crippen LogP contribution is -2.27. The molecule has 0 bridgehead atoms. The van der Waals surface area contributed by atoms with Crippen LogP contribution in [0.2, 0.25) is 0 Å². The maximum atomic E-state index is 12.2. The molecule has 0 amide bonds. The van der Waals surface area contributed by atoms with E-state index in [9.17, 15) is 9.59 Å². The zero-order valence-corrected chi connectivity index (χ0v) is 17.3. The standard InChI is InChI=1S/C22H26O7/c1-6-25-13-20(26-28-21(23)18-9-7-14(2)16(4)11-18)27-29-22(24)19-10-8-15(3)17(5)12-19/h7-12,20H,6,13H2,1-5H3. The van der Waals surface area contributed by atoms with Crippen LogP contribution in [-0.2, 0) is 24.3 Å². The van der Waals surface area contributed by atoms with E-state index in [1.807, 2.05) is 39.8 Å². The van der Waals surface area contributed by atoms with Crippen molar-refractivity contribution in [2.24, 2.45) is 0 Å². The van der Waals surface area contributed by atoms with E-state index in [0.29, 0.717) is 17.7 Å². The van der Waals surface area contributed by atoms with Gasteiger partial charge in [-0.3, -0.25) is 9.78 Å².